The Hall–Kier alpha value is -3.10. The largest absolute Gasteiger partial charge is 0.377 e. The predicted molar refractivity (Wildman–Crippen MR) is 119 cm³/mol. The molecule has 2 aliphatic rings. The number of benzene rings is 1. The molecule has 8 nitrogen and oxygen atoms in total. The summed E-state index contributed by atoms with van der Waals surface area (Å²) in [6, 6.07) is 10.5. The molecule has 0 bridgehead atoms. The van der Waals surface area contributed by atoms with E-state index in [-0.39, 0.29) is 11.9 Å². The average molecular weight is 433 g/mol. The Morgan fingerprint density at radius 1 is 1.19 bits per heavy atom. The molecule has 0 radical (unpaired) electrons. The van der Waals surface area contributed by atoms with E-state index in [0.29, 0.717) is 25.5 Å². The van der Waals surface area contributed by atoms with Crippen LogP contribution in [-0.2, 0) is 24.2 Å². The second-order valence-electron chi connectivity index (χ2n) is 8.59. The molecule has 166 valence electrons. The topological polar surface area (TPSA) is 76.4 Å². The number of fused-ring (bicyclic) bond motifs is 1. The van der Waals surface area contributed by atoms with Gasteiger partial charge in [0.05, 0.1) is 30.6 Å². The van der Waals surface area contributed by atoms with Crippen molar-refractivity contribution in [1.29, 1.82) is 0 Å². The van der Waals surface area contributed by atoms with Gasteiger partial charge in [0.25, 0.3) is 5.91 Å². The molecule has 1 aromatic carbocycles. The summed E-state index contributed by atoms with van der Waals surface area (Å²) >= 11 is 0. The Bertz CT molecular complexity index is 1110. The number of aromatic nitrogens is 4. The first kappa shape index (κ1) is 20.8. The van der Waals surface area contributed by atoms with E-state index in [1.54, 1.807) is 0 Å². The van der Waals surface area contributed by atoms with Crippen LogP contribution in [0.1, 0.15) is 39.8 Å². The summed E-state index contributed by atoms with van der Waals surface area (Å²) < 4.78 is 7.30. The zero-order valence-corrected chi connectivity index (χ0v) is 18.6. The summed E-state index contributed by atoms with van der Waals surface area (Å²) in [4.78, 5) is 21.5. The van der Waals surface area contributed by atoms with E-state index < -0.39 is 0 Å². The number of morpholine rings is 1. The van der Waals surface area contributed by atoms with Gasteiger partial charge in [-0.25, -0.2) is 4.68 Å². The summed E-state index contributed by atoms with van der Waals surface area (Å²) in [5.74, 6) is -0.0714. The molecule has 1 fully saturated rings. The van der Waals surface area contributed by atoms with Gasteiger partial charge in [-0.1, -0.05) is 17.3 Å². The highest BCUT2D eigenvalue weighted by molar-refractivity contribution is 5.93. The normalized spacial score (nSPS) is 19.1. The summed E-state index contributed by atoms with van der Waals surface area (Å²) in [5, 5.41) is 8.68. The van der Waals surface area contributed by atoms with Crippen LogP contribution < -0.4 is 0 Å². The van der Waals surface area contributed by atoms with E-state index in [1.807, 2.05) is 35.8 Å². The highest BCUT2D eigenvalue weighted by atomic mass is 16.5. The summed E-state index contributed by atoms with van der Waals surface area (Å²) in [7, 11) is 0. The molecule has 3 aromatic rings. The fourth-order valence-electron chi connectivity index (χ4n) is 4.65. The van der Waals surface area contributed by atoms with E-state index in [1.165, 1.54) is 16.7 Å². The first-order chi connectivity index (χ1) is 15.6. The molecule has 0 spiro atoms. The third kappa shape index (κ3) is 3.91. The Kier molecular flexibility index (Phi) is 5.71. The van der Waals surface area contributed by atoms with E-state index >= 15 is 0 Å². The molecule has 4 heterocycles. The zero-order valence-electron chi connectivity index (χ0n) is 18.6. The second-order valence-corrected chi connectivity index (χ2v) is 8.59. The first-order valence-corrected chi connectivity index (χ1v) is 11.1. The van der Waals surface area contributed by atoms with Crippen molar-refractivity contribution in [3.63, 3.8) is 0 Å². The van der Waals surface area contributed by atoms with Crippen LogP contribution in [0.5, 0.6) is 0 Å². The maximum atomic E-state index is 13.1. The van der Waals surface area contributed by atoms with Gasteiger partial charge in [-0.15, -0.1) is 5.10 Å². The maximum absolute atomic E-state index is 13.1. The van der Waals surface area contributed by atoms with Crippen molar-refractivity contribution in [3.8, 4) is 5.69 Å². The van der Waals surface area contributed by atoms with Crippen LogP contribution in [0.3, 0.4) is 0 Å². The monoisotopic (exact) mass is 432 g/mol. The molecule has 1 unspecified atom stereocenters. The van der Waals surface area contributed by atoms with Crippen LogP contribution in [0, 0.1) is 6.92 Å². The van der Waals surface area contributed by atoms with Gasteiger partial charge >= 0.3 is 0 Å². The highest BCUT2D eigenvalue weighted by Gasteiger charge is 2.29. The molecular weight excluding hydrogens is 404 g/mol. The van der Waals surface area contributed by atoms with Gasteiger partial charge in [-0.2, -0.15) is 0 Å². The number of hydrogen-bond acceptors (Lipinski definition) is 6. The van der Waals surface area contributed by atoms with Crippen LogP contribution >= 0.6 is 0 Å². The highest BCUT2D eigenvalue weighted by Crippen LogP contribution is 2.27. The third-order valence-corrected chi connectivity index (χ3v) is 6.43. The van der Waals surface area contributed by atoms with E-state index in [9.17, 15) is 4.79 Å². The van der Waals surface area contributed by atoms with E-state index in [0.717, 1.165) is 37.4 Å². The fraction of sp³-hybridized carbons (Fsp3) is 0.417. The summed E-state index contributed by atoms with van der Waals surface area (Å²) in [5.41, 5.74) is 6.07. The van der Waals surface area contributed by atoms with Crippen molar-refractivity contribution in [1.82, 2.24) is 29.8 Å². The van der Waals surface area contributed by atoms with E-state index in [2.05, 4.69) is 50.5 Å². The number of rotatable bonds is 4. The van der Waals surface area contributed by atoms with Crippen molar-refractivity contribution >= 4 is 5.91 Å². The quantitative estimate of drug-likeness (QED) is 0.630. The third-order valence-electron chi connectivity index (χ3n) is 6.43. The lowest BCUT2D eigenvalue weighted by molar-refractivity contribution is 0.00322. The molecule has 2 aromatic heterocycles. The van der Waals surface area contributed by atoms with Crippen molar-refractivity contribution < 1.29 is 9.53 Å². The second kappa shape index (κ2) is 8.80. The molecule has 2 aliphatic heterocycles. The van der Waals surface area contributed by atoms with Crippen LogP contribution in [0.25, 0.3) is 5.69 Å². The minimum absolute atomic E-state index is 0.0386. The van der Waals surface area contributed by atoms with Crippen LogP contribution in [0.2, 0.25) is 0 Å². The predicted octanol–water partition coefficient (Wildman–Crippen LogP) is 2.39. The molecule has 1 atom stereocenters. The van der Waals surface area contributed by atoms with E-state index in [4.69, 9.17) is 4.74 Å². The van der Waals surface area contributed by atoms with Crippen molar-refractivity contribution in [2.24, 2.45) is 0 Å². The molecule has 0 aliphatic carbocycles. The SMILES string of the molecule is Cc1c(C(=O)N2CCOCC2C)nnn1-c1cccc2c1CCN(Cc1ccncc1)C2. The smallest absolute Gasteiger partial charge is 0.276 e. The molecule has 1 amide bonds. The van der Waals surface area contributed by atoms with Gasteiger partial charge < -0.3 is 9.64 Å². The van der Waals surface area contributed by atoms with Crippen LogP contribution in [-0.4, -0.2) is 68.0 Å². The maximum Gasteiger partial charge on any atom is 0.276 e. The number of pyridine rings is 1. The van der Waals surface area contributed by atoms with Crippen molar-refractivity contribution in [2.75, 3.05) is 26.3 Å². The number of carbonyl (C=O) groups excluding carboxylic acids is 1. The number of amides is 1. The van der Waals surface area contributed by atoms with Gasteiger partial charge in [0.1, 0.15) is 0 Å². The minimum atomic E-state index is -0.0714. The first-order valence-electron chi connectivity index (χ1n) is 11.1. The number of ether oxygens (including phenoxy) is 1. The Balaban J connectivity index is 1.39. The minimum Gasteiger partial charge on any atom is -0.377 e. The molecule has 1 saturated heterocycles. The summed E-state index contributed by atoms with van der Waals surface area (Å²) in [6.07, 6.45) is 4.62. The number of carbonyl (C=O) groups is 1. The lowest BCUT2D eigenvalue weighted by Gasteiger charge is -2.32. The van der Waals surface area contributed by atoms with Gasteiger partial charge in [0.15, 0.2) is 5.69 Å². The van der Waals surface area contributed by atoms with Gasteiger partial charge in [0.2, 0.25) is 0 Å². The van der Waals surface area contributed by atoms with Crippen molar-refractivity contribution in [3.05, 3.63) is 70.8 Å². The molecule has 8 heteroatoms. The molecule has 32 heavy (non-hydrogen) atoms. The summed E-state index contributed by atoms with van der Waals surface area (Å²) in [6.45, 7) is 8.39. The number of nitrogens with zero attached hydrogens (tertiary/aromatic N) is 6. The van der Waals surface area contributed by atoms with Crippen LogP contribution in [0.15, 0.2) is 42.7 Å². The molecule has 5 rings (SSSR count). The van der Waals surface area contributed by atoms with Crippen molar-refractivity contribution in [2.45, 2.75) is 39.4 Å². The average Bonchev–Trinajstić information content (AvgIpc) is 3.20. The number of hydrogen-bond donors (Lipinski definition) is 0. The fourth-order valence-corrected chi connectivity index (χ4v) is 4.65. The zero-order chi connectivity index (χ0) is 22.1. The lowest BCUT2D eigenvalue weighted by Crippen LogP contribution is -2.47. The standard InChI is InChI=1S/C24H28N6O2/c1-17-16-32-13-12-29(17)24(31)23-18(2)30(27-26-23)22-5-3-4-20-15-28(11-8-21(20)22)14-19-6-9-25-10-7-19/h3-7,9-10,17H,8,11-16H2,1-2H3. The Labute approximate surface area is 187 Å². The Morgan fingerprint density at radius 3 is 2.84 bits per heavy atom. The van der Waals surface area contributed by atoms with Gasteiger partial charge in [0, 0.05) is 38.6 Å². The van der Waals surface area contributed by atoms with Crippen LogP contribution in [0.4, 0.5) is 0 Å². The molecular formula is C24H28N6O2. The molecule has 0 N–H and O–H groups in total. The van der Waals surface area contributed by atoms with Gasteiger partial charge in [-0.3, -0.25) is 14.7 Å². The van der Waals surface area contributed by atoms with Gasteiger partial charge in [-0.05, 0) is 55.2 Å². The molecule has 0 saturated carbocycles. The lowest BCUT2D eigenvalue weighted by atomic mass is 9.97. The Morgan fingerprint density at radius 2 is 2.03 bits per heavy atom.